The van der Waals surface area contributed by atoms with Crippen LogP contribution in [0.4, 0.5) is 4.39 Å². The second kappa shape index (κ2) is 6.66. The molecule has 1 aliphatic heterocycles. The number of benzene rings is 1. The minimum Gasteiger partial charge on any atom is -0.490 e. The van der Waals surface area contributed by atoms with E-state index in [1.807, 2.05) is 39.8 Å². The first kappa shape index (κ1) is 19.4. The lowest BCUT2D eigenvalue weighted by Crippen LogP contribution is -2.42. The maximum Gasteiger partial charge on any atom is 0.525 e. The lowest BCUT2D eigenvalue weighted by atomic mass is 9.81. The lowest BCUT2D eigenvalue weighted by Gasteiger charge is -2.36. The molecular formula is C20H28BFO4. The maximum absolute atomic E-state index is 15.1. The van der Waals surface area contributed by atoms with Crippen molar-refractivity contribution in [2.24, 2.45) is 0 Å². The van der Waals surface area contributed by atoms with Crippen LogP contribution in [0, 0.1) is 0 Å². The molecule has 1 heterocycles. The molecule has 26 heavy (non-hydrogen) atoms. The van der Waals surface area contributed by atoms with Crippen LogP contribution in [-0.2, 0) is 9.31 Å². The van der Waals surface area contributed by atoms with Crippen molar-refractivity contribution >= 4 is 12.7 Å². The predicted molar refractivity (Wildman–Crippen MR) is 101 cm³/mol. The molecule has 1 aromatic rings. The Morgan fingerprint density at radius 3 is 2.27 bits per heavy atom. The highest BCUT2D eigenvalue weighted by Gasteiger charge is 2.53. The van der Waals surface area contributed by atoms with Crippen LogP contribution in [0.25, 0.3) is 5.57 Å². The zero-order valence-electron chi connectivity index (χ0n) is 16.3. The number of hydrogen-bond donors (Lipinski definition) is 1. The average Bonchev–Trinajstić information content (AvgIpc) is 2.78. The van der Waals surface area contributed by atoms with Crippen LogP contribution in [0.2, 0.25) is 0 Å². The van der Waals surface area contributed by atoms with E-state index in [1.54, 1.807) is 19.1 Å². The summed E-state index contributed by atoms with van der Waals surface area (Å²) in [5, 5.41) is 10.2. The van der Waals surface area contributed by atoms with E-state index in [0.29, 0.717) is 16.9 Å². The SMILES string of the molecule is CC(=C(F)B1OC(C)(C)C(C)(C)O1)c1ccccc1OCC1(O)CCC1. The number of aliphatic hydroxyl groups is 1. The highest BCUT2D eigenvalue weighted by atomic mass is 19.1. The third-order valence-electron chi connectivity index (χ3n) is 5.89. The Balaban J connectivity index is 1.82. The molecule has 3 rings (SSSR count). The second-order valence-corrected chi connectivity index (χ2v) is 8.42. The van der Waals surface area contributed by atoms with Gasteiger partial charge in [0.2, 0.25) is 0 Å². The average molecular weight is 362 g/mol. The van der Waals surface area contributed by atoms with Crippen LogP contribution in [0.3, 0.4) is 0 Å². The van der Waals surface area contributed by atoms with Gasteiger partial charge in [-0.2, -0.15) is 0 Å². The van der Waals surface area contributed by atoms with E-state index in [2.05, 4.69) is 0 Å². The van der Waals surface area contributed by atoms with Crippen LogP contribution < -0.4 is 4.74 Å². The zero-order valence-corrected chi connectivity index (χ0v) is 16.3. The monoisotopic (exact) mass is 362 g/mol. The molecular weight excluding hydrogens is 334 g/mol. The molecule has 1 aliphatic carbocycles. The van der Waals surface area contributed by atoms with E-state index >= 15 is 4.39 Å². The van der Waals surface area contributed by atoms with Crippen molar-refractivity contribution in [3.05, 3.63) is 35.6 Å². The van der Waals surface area contributed by atoms with Crippen molar-refractivity contribution in [2.45, 2.75) is 70.7 Å². The van der Waals surface area contributed by atoms with Gasteiger partial charge in [-0.15, -0.1) is 0 Å². The first-order valence-electron chi connectivity index (χ1n) is 9.21. The van der Waals surface area contributed by atoms with Gasteiger partial charge in [0.25, 0.3) is 0 Å². The van der Waals surface area contributed by atoms with Gasteiger partial charge < -0.3 is 19.2 Å². The van der Waals surface area contributed by atoms with Gasteiger partial charge in [-0.25, -0.2) is 4.39 Å². The molecule has 0 radical (unpaired) electrons. The van der Waals surface area contributed by atoms with Gasteiger partial charge in [0, 0.05) is 5.56 Å². The number of allylic oxidation sites excluding steroid dienone is 1. The fourth-order valence-electron chi connectivity index (χ4n) is 3.10. The van der Waals surface area contributed by atoms with Crippen molar-refractivity contribution in [3.8, 4) is 5.75 Å². The summed E-state index contributed by atoms with van der Waals surface area (Å²) in [6.45, 7) is 9.49. The third kappa shape index (κ3) is 3.55. The van der Waals surface area contributed by atoms with E-state index < -0.39 is 29.6 Å². The first-order valence-corrected chi connectivity index (χ1v) is 9.21. The summed E-state index contributed by atoms with van der Waals surface area (Å²) < 4.78 is 32.6. The van der Waals surface area contributed by atoms with Gasteiger partial charge in [0.15, 0.2) is 0 Å². The van der Waals surface area contributed by atoms with E-state index in [1.165, 1.54) is 0 Å². The maximum atomic E-state index is 15.1. The Kier molecular flexibility index (Phi) is 4.97. The Labute approximate surface area is 155 Å². The second-order valence-electron chi connectivity index (χ2n) is 8.42. The van der Waals surface area contributed by atoms with Crippen LogP contribution in [0.5, 0.6) is 5.75 Å². The molecule has 0 bridgehead atoms. The summed E-state index contributed by atoms with van der Waals surface area (Å²) in [5.41, 5.74) is -1.35. The van der Waals surface area contributed by atoms with E-state index in [-0.39, 0.29) is 6.61 Å². The normalized spacial score (nSPS) is 24.0. The van der Waals surface area contributed by atoms with Crippen molar-refractivity contribution in [2.75, 3.05) is 6.61 Å². The summed E-state index contributed by atoms with van der Waals surface area (Å²) in [6.07, 6.45) is 2.50. The minimum absolute atomic E-state index is 0.218. The Bertz CT molecular complexity index is 694. The van der Waals surface area contributed by atoms with Crippen LogP contribution in [-0.4, -0.2) is 35.6 Å². The third-order valence-corrected chi connectivity index (χ3v) is 5.89. The number of halogens is 1. The van der Waals surface area contributed by atoms with Crippen LogP contribution in [0.15, 0.2) is 30.0 Å². The molecule has 0 spiro atoms. The van der Waals surface area contributed by atoms with Crippen molar-refractivity contribution in [3.63, 3.8) is 0 Å². The summed E-state index contributed by atoms with van der Waals surface area (Å²) >= 11 is 0. The van der Waals surface area contributed by atoms with Gasteiger partial charge >= 0.3 is 7.12 Å². The first-order chi connectivity index (χ1) is 12.0. The van der Waals surface area contributed by atoms with E-state index in [9.17, 15) is 5.11 Å². The molecule has 4 nitrogen and oxygen atoms in total. The molecule has 1 saturated carbocycles. The van der Waals surface area contributed by atoms with Gasteiger partial charge in [-0.3, -0.25) is 0 Å². The number of ether oxygens (including phenoxy) is 1. The molecule has 142 valence electrons. The highest BCUT2D eigenvalue weighted by Crippen LogP contribution is 2.41. The molecule has 2 fully saturated rings. The van der Waals surface area contributed by atoms with Gasteiger partial charge in [-0.05, 0) is 65.5 Å². The Morgan fingerprint density at radius 1 is 1.15 bits per heavy atom. The summed E-state index contributed by atoms with van der Waals surface area (Å²) in [6, 6.07) is 7.27. The van der Waals surface area contributed by atoms with Crippen molar-refractivity contribution in [1.29, 1.82) is 0 Å². The van der Waals surface area contributed by atoms with Gasteiger partial charge in [0.1, 0.15) is 18.1 Å². The minimum atomic E-state index is -1.04. The summed E-state index contributed by atoms with van der Waals surface area (Å²) in [5.74, 6) is 0.553. The standard InChI is InChI=1S/C20H28BFO4/c1-14(17(22)21-25-18(2,3)19(4,5)26-21)15-9-6-7-10-16(15)24-13-20(23)11-8-12-20/h6-7,9-10,23H,8,11-13H2,1-5H3. The zero-order chi connectivity index (χ0) is 19.2. The molecule has 6 heteroatoms. The van der Waals surface area contributed by atoms with Crippen molar-refractivity contribution in [1.82, 2.24) is 0 Å². The molecule has 1 saturated heterocycles. The van der Waals surface area contributed by atoms with Gasteiger partial charge in [-0.1, -0.05) is 18.2 Å². The molecule has 2 aliphatic rings. The molecule has 0 atom stereocenters. The van der Waals surface area contributed by atoms with E-state index in [0.717, 1.165) is 19.3 Å². The van der Waals surface area contributed by atoms with Crippen molar-refractivity contribution < 1.29 is 23.5 Å². The molecule has 1 N–H and O–H groups in total. The fraction of sp³-hybridized carbons (Fsp3) is 0.600. The smallest absolute Gasteiger partial charge is 0.490 e. The molecule has 1 aromatic carbocycles. The molecule has 0 amide bonds. The molecule has 0 unspecified atom stereocenters. The Morgan fingerprint density at radius 2 is 1.73 bits per heavy atom. The Hall–Kier alpha value is -1.37. The summed E-state index contributed by atoms with van der Waals surface area (Å²) in [7, 11) is -1.04. The number of rotatable bonds is 5. The fourth-order valence-corrected chi connectivity index (χ4v) is 3.10. The predicted octanol–water partition coefficient (Wildman–Crippen LogP) is 4.31. The number of para-hydroxylation sites is 1. The van der Waals surface area contributed by atoms with Crippen LogP contribution in [0.1, 0.15) is 59.4 Å². The highest BCUT2D eigenvalue weighted by molar-refractivity contribution is 6.55. The van der Waals surface area contributed by atoms with E-state index in [4.69, 9.17) is 14.0 Å². The van der Waals surface area contributed by atoms with Gasteiger partial charge in [0.05, 0.1) is 16.8 Å². The summed E-state index contributed by atoms with van der Waals surface area (Å²) in [4.78, 5) is 0. The quantitative estimate of drug-likeness (QED) is 0.793. The van der Waals surface area contributed by atoms with Crippen LogP contribution >= 0.6 is 0 Å². The number of hydrogen-bond acceptors (Lipinski definition) is 4. The topological polar surface area (TPSA) is 47.9 Å². The largest absolute Gasteiger partial charge is 0.525 e. The lowest BCUT2D eigenvalue weighted by molar-refractivity contribution is -0.0664. The molecule has 0 aromatic heterocycles.